The van der Waals surface area contributed by atoms with Gasteiger partial charge in [-0.2, -0.15) is 4.98 Å². The zero-order chi connectivity index (χ0) is 24.4. The van der Waals surface area contributed by atoms with Crippen LogP contribution in [0.3, 0.4) is 0 Å². The predicted octanol–water partition coefficient (Wildman–Crippen LogP) is 6.58. The van der Waals surface area contributed by atoms with Crippen molar-refractivity contribution in [3.05, 3.63) is 37.4 Å². The second-order valence-electron chi connectivity index (χ2n) is 9.03. The summed E-state index contributed by atoms with van der Waals surface area (Å²) in [5, 5.41) is 9.95. The van der Waals surface area contributed by atoms with Crippen molar-refractivity contribution in [2.45, 2.75) is 63.5 Å². The third kappa shape index (κ3) is 5.76. The molecule has 1 fully saturated rings. The first kappa shape index (κ1) is 25.4. The zero-order valence-corrected chi connectivity index (χ0v) is 22.2. The molecule has 2 aliphatic rings. The number of anilines is 3. The SMILES string of the molecule is CN(C)c1nc(N[C@H]2CC[C@@H](NC(=O)Nc3c(Cl)c(Cl)cc(Cl)c3Cl)CC2)nc2c1CCCC2. The number of amides is 2. The van der Waals surface area contributed by atoms with Gasteiger partial charge in [-0.3, -0.25) is 0 Å². The van der Waals surface area contributed by atoms with Crippen LogP contribution in [0.4, 0.5) is 22.2 Å². The second kappa shape index (κ2) is 10.9. The summed E-state index contributed by atoms with van der Waals surface area (Å²) < 4.78 is 0. The van der Waals surface area contributed by atoms with Crippen molar-refractivity contribution in [1.29, 1.82) is 0 Å². The lowest BCUT2D eigenvalue weighted by Crippen LogP contribution is -2.42. The van der Waals surface area contributed by atoms with Crippen LogP contribution < -0.4 is 20.9 Å². The van der Waals surface area contributed by atoms with E-state index in [0.717, 1.165) is 50.0 Å². The Morgan fingerprint density at radius 3 is 2.21 bits per heavy atom. The van der Waals surface area contributed by atoms with Crippen molar-refractivity contribution in [1.82, 2.24) is 15.3 Å². The maximum absolute atomic E-state index is 12.6. The van der Waals surface area contributed by atoms with Crippen LogP contribution in [0.25, 0.3) is 0 Å². The Kier molecular flexibility index (Phi) is 8.18. The number of urea groups is 1. The van der Waals surface area contributed by atoms with Crippen molar-refractivity contribution >= 4 is 69.9 Å². The highest BCUT2D eigenvalue weighted by Gasteiger charge is 2.25. The predicted molar refractivity (Wildman–Crippen MR) is 141 cm³/mol. The number of aryl methyl sites for hydroxylation is 1. The molecule has 3 N–H and O–H groups in total. The summed E-state index contributed by atoms with van der Waals surface area (Å²) in [6, 6.07) is 1.34. The van der Waals surface area contributed by atoms with Gasteiger partial charge in [0.1, 0.15) is 5.82 Å². The molecule has 0 radical (unpaired) electrons. The van der Waals surface area contributed by atoms with E-state index >= 15 is 0 Å². The minimum atomic E-state index is -0.396. The molecule has 0 bridgehead atoms. The second-order valence-corrected chi connectivity index (χ2v) is 10.6. The van der Waals surface area contributed by atoms with E-state index in [0.29, 0.717) is 5.95 Å². The number of benzene rings is 1. The van der Waals surface area contributed by atoms with Gasteiger partial charge in [-0.05, 0) is 57.4 Å². The Hall–Kier alpha value is -1.67. The van der Waals surface area contributed by atoms with Crippen molar-refractivity contribution in [3.8, 4) is 0 Å². The molecule has 1 aromatic heterocycles. The van der Waals surface area contributed by atoms with Gasteiger partial charge in [0.05, 0.1) is 31.5 Å². The fourth-order valence-corrected chi connectivity index (χ4v) is 5.50. The fourth-order valence-electron chi connectivity index (χ4n) is 4.59. The summed E-state index contributed by atoms with van der Waals surface area (Å²) in [5.74, 6) is 1.71. The van der Waals surface area contributed by atoms with Crippen LogP contribution in [0, 0.1) is 0 Å². The summed E-state index contributed by atoms with van der Waals surface area (Å²) in [7, 11) is 4.06. The lowest BCUT2D eigenvalue weighted by atomic mass is 9.91. The largest absolute Gasteiger partial charge is 0.362 e. The summed E-state index contributed by atoms with van der Waals surface area (Å²) >= 11 is 24.5. The van der Waals surface area contributed by atoms with Crippen LogP contribution in [0.1, 0.15) is 49.8 Å². The highest BCUT2D eigenvalue weighted by atomic mass is 35.5. The third-order valence-electron chi connectivity index (χ3n) is 6.33. The normalized spacial score (nSPS) is 19.8. The van der Waals surface area contributed by atoms with Crippen molar-refractivity contribution < 1.29 is 4.79 Å². The highest BCUT2D eigenvalue weighted by Crippen LogP contribution is 2.41. The topological polar surface area (TPSA) is 82.2 Å². The molecule has 1 saturated carbocycles. The summed E-state index contributed by atoms with van der Waals surface area (Å²) in [6.45, 7) is 0. The van der Waals surface area contributed by atoms with Crippen LogP contribution in [-0.4, -0.2) is 42.2 Å². The number of rotatable bonds is 5. The molecule has 11 heteroatoms. The summed E-state index contributed by atoms with van der Waals surface area (Å²) in [4.78, 5) is 24.2. The minimum Gasteiger partial charge on any atom is -0.362 e. The number of hydrogen-bond acceptors (Lipinski definition) is 5. The van der Waals surface area contributed by atoms with Gasteiger partial charge in [-0.25, -0.2) is 9.78 Å². The van der Waals surface area contributed by atoms with E-state index in [2.05, 4.69) is 20.9 Å². The standard InChI is InChI=1S/C23H28Cl4N6O/c1-33(2)21-14-5-3-4-6-17(14)30-22(32-21)28-12-7-9-13(10-8-12)29-23(34)31-20-18(26)15(24)11-16(25)19(20)27/h11-13H,3-10H2,1-2H3,(H,28,30,32)(H2,29,31,34)/t12-,13+. The Bertz CT molecular complexity index is 1050. The fraction of sp³-hybridized carbons (Fsp3) is 0.522. The molecule has 184 valence electrons. The Balaban J connectivity index is 1.33. The molecule has 2 aliphatic carbocycles. The molecule has 0 unspecified atom stereocenters. The number of carbonyl (C=O) groups is 1. The van der Waals surface area contributed by atoms with Gasteiger partial charge in [-0.1, -0.05) is 46.4 Å². The van der Waals surface area contributed by atoms with Gasteiger partial charge in [0.15, 0.2) is 0 Å². The number of halogens is 4. The van der Waals surface area contributed by atoms with Gasteiger partial charge in [0, 0.05) is 31.7 Å². The van der Waals surface area contributed by atoms with Crippen LogP contribution in [0.2, 0.25) is 20.1 Å². The molecule has 0 aliphatic heterocycles. The number of nitrogens with one attached hydrogen (secondary N) is 3. The van der Waals surface area contributed by atoms with Gasteiger partial charge < -0.3 is 20.9 Å². The average molecular weight is 546 g/mol. The molecule has 4 rings (SSSR count). The van der Waals surface area contributed by atoms with Gasteiger partial charge in [0.2, 0.25) is 5.95 Å². The monoisotopic (exact) mass is 544 g/mol. The maximum Gasteiger partial charge on any atom is 0.319 e. The first-order chi connectivity index (χ1) is 16.2. The Morgan fingerprint density at radius 2 is 1.56 bits per heavy atom. The van der Waals surface area contributed by atoms with Gasteiger partial charge in [0.25, 0.3) is 0 Å². The highest BCUT2D eigenvalue weighted by molar-refractivity contribution is 6.50. The molecule has 7 nitrogen and oxygen atoms in total. The Morgan fingerprint density at radius 1 is 0.941 bits per heavy atom. The van der Waals surface area contributed by atoms with E-state index in [9.17, 15) is 4.79 Å². The van der Waals surface area contributed by atoms with Crippen LogP contribution in [0.15, 0.2) is 6.07 Å². The smallest absolute Gasteiger partial charge is 0.319 e. The average Bonchev–Trinajstić information content (AvgIpc) is 2.81. The van der Waals surface area contributed by atoms with Crippen molar-refractivity contribution in [2.24, 2.45) is 0 Å². The van der Waals surface area contributed by atoms with E-state index in [-0.39, 0.29) is 37.9 Å². The zero-order valence-electron chi connectivity index (χ0n) is 19.2. The summed E-state index contributed by atoms with van der Waals surface area (Å²) in [6.07, 6.45) is 7.86. The number of fused-ring (bicyclic) bond motifs is 1. The number of aromatic nitrogens is 2. The van der Waals surface area contributed by atoms with Gasteiger partial charge in [-0.15, -0.1) is 0 Å². The lowest BCUT2D eigenvalue weighted by Gasteiger charge is -2.30. The molecular formula is C23H28Cl4N6O. The van der Waals surface area contributed by atoms with Crippen LogP contribution in [0.5, 0.6) is 0 Å². The van der Waals surface area contributed by atoms with Crippen molar-refractivity contribution in [2.75, 3.05) is 29.6 Å². The molecule has 0 atom stereocenters. The van der Waals surface area contributed by atoms with E-state index in [1.165, 1.54) is 24.5 Å². The maximum atomic E-state index is 12.6. The van der Waals surface area contributed by atoms with E-state index in [1.807, 2.05) is 14.1 Å². The van der Waals surface area contributed by atoms with Gasteiger partial charge >= 0.3 is 6.03 Å². The Labute approximate surface area is 219 Å². The van der Waals surface area contributed by atoms with Crippen LogP contribution >= 0.6 is 46.4 Å². The van der Waals surface area contributed by atoms with E-state index < -0.39 is 6.03 Å². The van der Waals surface area contributed by atoms with Crippen molar-refractivity contribution in [3.63, 3.8) is 0 Å². The molecule has 34 heavy (non-hydrogen) atoms. The van der Waals surface area contributed by atoms with E-state index in [4.69, 9.17) is 56.4 Å². The number of carbonyl (C=O) groups excluding carboxylic acids is 1. The van der Waals surface area contributed by atoms with Crippen LogP contribution in [-0.2, 0) is 12.8 Å². The third-order valence-corrected chi connectivity index (χ3v) is 7.91. The lowest BCUT2D eigenvalue weighted by molar-refractivity contribution is 0.243. The molecule has 2 amide bonds. The molecule has 0 spiro atoms. The summed E-state index contributed by atoms with van der Waals surface area (Å²) in [5.41, 5.74) is 2.65. The van der Waals surface area contributed by atoms with E-state index in [1.54, 1.807) is 0 Å². The quantitative estimate of drug-likeness (QED) is 0.369. The molecule has 1 heterocycles. The molecule has 0 saturated heterocycles. The molecule has 1 aromatic carbocycles. The number of hydrogen-bond donors (Lipinski definition) is 3. The minimum absolute atomic E-state index is 0.0343. The molecule has 2 aromatic rings. The first-order valence-electron chi connectivity index (χ1n) is 11.5. The first-order valence-corrected chi connectivity index (χ1v) is 13.0. The number of nitrogens with zero attached hydrogens (tertiary/aromatic N) is 3. The molecular weight excluding hydrogens is 518 g/mol.